The number of aliphatic hydroxyl groups excluding tert-OH is 1. The summed E-state index contributed by atoms with van der Waals surface area (Å²) < 4.78 is 5.23. The number of benzene rings is 2. The fraction of sp³-hybridized carbons (Fsp3) is 0.333. The highest BCUT2D eigenvalue weighted by Gasteiger charge is 2.45. The standard InChI is InChI=1S/C24H28N2O4/c1-16-15-18(30-4)11-12-19(16)22(27)20-21(17-9-6-5-7-10-17)26(24(29)23(20)28)14-8-13-25(2)3/h5-7,9-12,15,21,27H,8,13-14H2,1-4H3/b22-20+/t21-/m0/s1. The number of carbonyl (C=O) groups is 2. The van der Waals surface area contributed by atoms with Gasteiger partial charge >= 0.3 is 0 Å². The molecule has 0 aliphatic carbocycles. The third-order valence-electron chi connectivity index (χ3n) is 5.35. The Labute approximate surface area is 177 Å². The monoisotopic (exact) mass is 408 g/mol. The van der Waals surface area contributed by atoms with Gasteiger partial charge in [0.1, 0.15) is 11.5 Å². The number of aryl methyl sites for hydroxylation is 1. The minimum atomic E-state index is -0.651. The summed E-state index contributed by atoms with van der Waals surface area (Å²) in [4.78, 5) is 29.5. The van der Waals surface area contributed by atoms with Gasteiger partial charge < -0.3 is 19.6 Å². The summed E-state index contributed by atoms with van der Waals surface area (Å²) in [5.41, 5.74) is 2.21. The van der Waals surface area contributed by atoms with Gasteiger partial charge in [0.05, 0.1) is 18.7 Å². The molecule has 1 aliphatic heterocycles. The van der Waals surface area contributed by atoms with Crippen LogP contribution in [-0.2, 0) is 9.59 Å². The van der Waals surface area contributed by atoms with Crippen molar-refractivity contribution >= 4 is 17.4 Å². The molecule has 0 aromatic heterocycles. The summed E-state index contributed by atoms with van der Waals surface area (Å²) >= 11 is 0. The van der Waals surface area contributed by atoms with Gasteiger partial charge in [0.2, 0.25) is 0 Å². The van der Waals surface area contributed by atoms with E-state index in [0.717, 1.165) is 24.1 Å². The molecule has 1 atom stereocenters. The van der Waals surface area contributed by atoms with Crippen LogP contribution in [0.2, 0.25) is 0 Å². The van der Waals surface area contributed by atoms with Gasteiger partial charge in [-0.05, 0) is 63.3 Å². The van der Waals surface area contributed by atoms with E-state index < -0.39 is 17.7 Å². The smallest absolute Gasteiger partial charge is 0.295 e. The molecular weight excluding hydrogens is 380 g/mol. The van der Waals surface area contributed by atoms with E-state index in [0.29, 0.717) is 17.9 Å². The second kappa shape index (κ2) is 9.13. The van der Waals surface area contributed by atoms with E-state index in [-0.39, 0.29) is 11.3 Å². The molecule has 3 rings (SSSR count). The lowest BCUT2D eigenvalue weighted by Gasteiger charge is -2.26. The number of carbonyl (C=O) groups excluding carboxylic acids is 2. The first-order valence-electron chi connectivity index (χ1n) is 9.98. The number of rotatable bonds is 7. The first-order chi connectivity index (χ1) is 14.3. The summed E-state index contributed by atoms with van der Waals surface area (Å²) in [5, 5.41) is 11.1. The van der Waals surface area contributed by atoms with Crippen molar-refractivity contribution in [2.45, 2.75) is 19.4 Å². The molecule has 2 aromatic rings. The molecule has 1 amide bonds. The quantitative estimate of drug-likeness (QED) is 0.432. The van der Waals surface area contributed by atoms with Gasteiger partial charge in [-0.3, -0.25) is 9.59 Å². The van der Waals surface area contributed by atoms with Crippen LogP contribution in [0.4, 0.5) is 0 Å². The number of nitrogens with zero attached hydrogens (tertiary/aromatic N) is 2. The van der Waals surface area contributed by atoms with E-state index in [1.54, 1.807) is 30.2 Å². The highest BCUT2D eigenvalue weighted by Crippen LogP contribution is 2.40. The fourth-order valence-electron chi connectivity index (χ4n) is 3.82. The van der Waals surface area contributed by atoms with E-state index in [1.807, 2.05) is 56.3 Å². The zero-order valence-electron chi connectivity index (χ0n) is 17.9. The number of ether oxygens (including phenoxy) is 1. The minimum absolute atomic E-state index is 0.129. The fourth-order valence-corrected chi connectivity index (χ4v) is 3.82. The predicted molar refractivity (Wildman–Crippen MR) is 116 cm³/mol. The van der Waals surface area contributed by atoms with E-state index in [9.17, 15) is 14.7 Å². The van der Waals surface area contributed by atoms with Crippen LogP contribution in [0.3, 0.4) is 0 Å². The van der Waals surface area contributed by atoms with Gasteiger partial charge in [-0.1, -0.05) is 30.3 Å². The first kappa shape index (κ1) is 21.6. The number of hydrogen-bond donors (Lipinski definition) is 1. The summed E-state index contributed by atoms with van der Waals surface area (Å²) in [6.45, 7) is 3.06. The SMILES string of the molecule is COc1ccc(/C(O)=C2\C(=O)C(=O)N(CCCN(C)C)[C@H]2c2ccccc2)c(C)c1. The summed E-state index contributed by atoms with van der Waals surface area (Å²) in [5.74, 6) is -0.720. The van der Waals surface area contributed by atoms with Crippen LogP contribution in [0.5, 0.6) is 5.75 Å². The Hall–Kier alpha value is -3.12. The van der Waals surface area contributed by atoms with Crippen molar-refractivity contribution in [3.63, 3.8) is 0 Å². The lowest BCUT2D eigenvalue weighted by Crippen LogP contribution is -2.32. The van der Waals surface area contributed by atoms with Gasteiger partial charge in [-0.15, -0.1) is 0 Å². The molecule has 2 aromatic carbocycles. The van der Waals surface area contributed by atoms with Crippen LogP contribution in [0.1, 0.15) is 29.2 Å². The van der Waals surface area contributed by atoms with Crippen molar-refractivity contribution in [2.75, 3.05) is 34.3 Å². The van der Waals surface area contributed by atoms with Crippen LogP contribution in [0, 0.1) is 6.92 Å². The molecule has 0 unspecified atom stereocenters. The summed E-state index contributed by atoms with van der Waals surface area (Å²) in [6.07, 6.45) is 0.727. The minimum Gasteiger partial charge on any atom is -0.507 e. The molecule has 1 N–H and O–H groups in total. The number of aliphatic hydroxyl groups is 1. The predicted octanol–water partition coefficient (Wildman–Crippen LogP) is 3.38. The molecule has 1 aliphatic rings. The molecule has 0 radical (unpaired) electrons. The highest BCUT2D eigenvalue weighted by molar-refractivity contribution is 6.46. The van der Waals surface area contributed by atoms with Crippen molar-refractivity contribution in [1.82, 2.24) is 9.80 Å². The lowest BCUT2D eigenvalue weighted by molar-refractivity contribution is -0.139. The van der Waals surface area contributed by atoms with Crippen molar-refractivity contribution in [1.29, 1.82) is 0 Å². The summed E-state index contributed by atoms with van der Waals surface area (Å²) in [6, 6.07) is 14.0. The Morgan fingerprint density at radius 2 is 1.83 bits per heavy atom. The molecule has 1 heterocycles. The topological polar surface area (TPSA) is 70.1 Å². The van der Waals surface area contributed by atoms with Gasteiger partial charge in [0.25, 0.3) is 11.7 Å². The number of likely N-dealkylation sites (tertiary alicyclic amines) is 1. The Kier molecular flexibility index (Phi) is 6.57. The maximum absolute atomic E-state index is 13.0. The number of amides is 1. The number of Topliss-reactive ketones (excluding diaryl/α,β-unsaturated/α-hetero) is 1. The zero-order valence-corrected chi connectivity index (χ0v) is 17.9. The molecule has 1 saturated heterocycles. The molecular formula is C24H28N2O4. The molecule has 1 fully saturated rings. The average Bonchev–Trinajstić information content (AvgIpc) is 2.98. The number of methoxy groups -OCH3 is 1. The van der Waals surface area contributed by atoms with Crippen LogP contribution < -0.4 is 4.74 Å². The van der Waals surface area contributed by atoms with Crippen molar-refractivity contribution < 1.29 is 19.4 Å². The number of ketones is 1. The van der Waals surface area contributed by atoms with Gasteiger partial charge in [-0.2, -0.15) is 0 Å². The van der Waals surface area contributed by atoms with Crippen LogP contribution in [0.15, 0.2) is 54.1 Å². The highest BCUT2D eigenvalue weighted by atomic mass is 16.5. The third-order valence-corrected chi connectivity index (χ3v) is 5.35. The molecule has 0 bridgehead atoms. The van der Waals surface area contributed by atoms with Gasteiger partial charge in [0, 0.05) is 12.1 Å². The molecule has 30 heavy (non-hydrogen) atoms. The maximum atomic E-state index is 13.0. The van der Waals surface area contributed by atoms with Crippen LogP contribution >= 0.6 is 0 Å². The van der Waals surface area contributed by atoms with Crippen LogP contribution in [-0.4, -0.2) is 60.9 Å². The second-order valence-electron chi connectivity index (χ2n) is 7.74. The van der Waals surface area contributed by atoms with Crippen molar-refractivity contribution in [3.05, 3.63) is 70.8 Å². The Balaban J connectivity index is 2.09. The van der Waals surface area contributed by atoms with Gasteiger partial charge in [0.15, 0.2) is 0 Å². The largest absolute Gasteiger partial charge is 0.507 e. The zero-order chi connectivity index (χ0) is 21.8. The second-order valence-corrected chi connectivity index (χ2v) is 7.74. The summed E-state index contributed by atoms with van der Waals surface area (Å²) in [7, 11) is 5.51. The van der Waals surface area contributed by atoms with Crippen LogP contribution in [0.25, 0.3) is 5.76 Å². The number of hydrogen-bond acceptors (Lipinski definition) is 5. The molecule has 6 heteroatoms. The van der Waals surface area contributed by atoms with E-state index in [4.69, 9.17) is 4.74 Å². The average molecular weight is 408 g/mol. The van der Waals surface area contributed by atoms with E-state index >= 15 is 0 Å². The Bertz CT molecular complexity index is 966. The van der Waals surface area contributed by atoms with E-state index in [1.165, 1.54) is 0 Å². The van der Waals surface area contributed by atoms with Crippen molar-refractivity contribution in [3.8, 4) is 5.75 Å². The molecule has 0 saturated carbocycles. The first-order valence-corrected chi connectivity index (χ1v) is 9.98. The van der Waals surface area contributed by atoms with Gasteiger partial charge in [-0.25, -0.2) is 0 Å². The molecule has 0 spiro atoms. The molecule has 6 nitrogen and oxygen atoms in total. The van der Waals surface area contributed by atoms with Crippen molar-refractivity contribution in [2.24, 2.45) is 0 Å². The third kappa shape index (κ3) is 4.24. The maximum Gasteiger partial charge on any atom is 0.295 e. The molecule has 158 valence electrons. The lowest BCUT2D eigenvalue weighted by atomic mass is 9.94. The van der Waals surface area contributed by atoms with E-state index in [2.05, 4.69) is 0 Å². The Morgan fingerprint density at radius 3 is 2.43 bits per heavy atom. The normalized spacial score (nSPS) is 18.3. The Morgan fingerprint density at radius 1 is 1.13 bits per heavy atom.